The number of aromatic amines is 1. The third-order valence-electron chi connectivity index (χ3n) is 3.67. The highest BCUT2D eigenvalue weighted by atomic mass is 35.5. The average molecular weight is 376 g/mol. The van der Waals surface area contributed by atoms with Crippen molar-refractivity contribution in [3.8, 4) is 16.3 Å². The molecule has 2 N–H and O–H groups in total. The molecule has 0 aliphatic rings. The van der Waals surface area contributed by atoms with Gasteiger partial charge < -0.3 is 15.0 Å². The van der Waals surface area contributed by atoms with Crippen molar-refractivity contribution in [2.24, 2.45) is 0 Å². The molecule has 0 saturated heterocycles. The molecule has 25 heavy (non-hydrogen) atoms. The fraction of sp³-hybridized carbons (Fsp3) is 0.222. The minimum Gasteiger partial charge on any atom is -0.484 e. The molecule has 5 nitrogen and oxygen atoms in total. The van der Waals surface area contributed by atoms with Crippen LogP contribution in [0.4, 0.5) is 0 Å². The van der Waals surface area contributed by atoms with Crippen LogP contribution in [-0.4, -0.2) is 29.0 Å². The number of nitrogens with zero attached hydrogens (tertiary/aromatic N) is 1. The first-order valence-corrected chi connectivity index (χ1v) is 9.11. The van der Waals surface area contributed by atoms with Crippen LogP contribution in [0.25, 0.3) is 10.6 Å². The normalized spacial score (nSPS) is 10.6. The number of carbonyl (C=O) groups is 1. The fourth-order valence-corrected chi connectivity index (χ4v) is 3.24. The lowest BCUT2D eigenvalue weighted by atomic mass is 10.2. The van der Waals surface area contributed by atoms with Gasteiger partial charge in [-0.2, -0.15) is 0 Å². The van der Waals surface area contributed by atoms with E-state index in [1.807, 2.05) is 30.5 Å². The molecule has 0 aliphatic heterocycles. The van der Waals surface area contributed by atoms with E-state index in [0.29, 0.717) is 23.7 Å². The number of rotatable bonds is 7. The molecule has 3 aromatic rings. The Labute approximate surface area is 155 Å². The number of amides is 1. The highest BCUT2D eigenvalue weighted by Gasteiger charge is 2.10. The van der Waals surface area contributed by atoms with E-state index < -0.39 is 0 Å². The molecular weight excluding hydrogens is 358 g/mol. The second-order valence-electron chi connectivity index (χ2n) is 5.51. The van der Waals surface area contributed by atoms with Crippen LogP contribution in [0.15, 0.2) is 42.0 Å². The van der Waals surface area contributed by atoms with Gasteiger partial charge >= 0.3 is 0 Å². The summed E-state index contributed by atoms with van der Waals surface area (Å²) in [6, 6.07) is 9.35. The van der Waals surface area contributed by atoms with Crippen LogP contribution >= 0.6 is 22.9 Å². The molecule has 7 heteroatoms. The lowest BCUT2D eigenvalue weighted by Gasteiger charge is -2.08. The van der Waals surface area contributed by atoms with Crippen LogP contribution in [0, 0.1) is 6.92 Å². The molecule has 0 unspecified atom stereocenters. The lowest BCUT2D eigenvalue weighted by molar-refractivity contribution is -0.123. The first-order chi connectivity index (χ1) is 12.1. The number of hydrogen-bond acceptors (Lipinski definition) is 4. The summed E-state index contributed by atoms with van der Waals surface area (Å²) >= 11 is 7.61. The van der Waals surface area contributed by atoms with Gasteiger partial charge in [0.1, 0.15) is 11.4 Å². The molecule has 0 aliphatic carbocycles. The van der Waals surface area contributed by atoms with Gasteiger partial charge in [0, 0.05) is 23.7 Å². The van der Waals surface area contributed by atoms with Gasteiger partial charge in [0.25, 0.3) is 5.91 Å². The van der Waals surface area contributed by atoms with Gasteiger partial charge in [0.15, 0.2) is 6.61 Å². The molecule has 3 rings (SSSR count). The summed E-state index contributed by atoms with van der Waals surface area (Å²) in [4.78, 5) is 20.5. The molecule has 0 radical (unpaired) electrons. The summed E-state index contributed by atoms with van der Waals surface area (Å²) in [6.07, 6.45) is 2.36. The quantitative estimate of drug-likeness (QED) is 0.659. The second-order valence-corrected chi connectivity index (χ2v) is 6.86. The summed E-state index contributed by atoms with van der Waals surface area (Å²) in [7, 11) is 0. The Balaban J connectivity index is 1.45. The number of ether oxygens (including phenoxy) is 1. The summed E-state index contributed by atoms with van der Waals surface area (Å²) in [6.45, 7) is 2.38. The number of nitrogens with one attached hydrogen (secondary N) is 2. The van der Waals surface area contributed by atoms with Gasteiger partial charge in [-0.1, -0.05) is 17.7 Å². The van der Waals surface area contributed by atoms with Gasteiger partial charge in [0.05, 0.1) is 11.2 Å². The van der Waals surface area contributed by atoms with Crippen LogP contribution in [0.3, 0.4) is 0 Å². The maximum absolute atomic E-state index is 11.9. The molecular formula is C18H18ClN3O2S. The van der Waals surface area contributed by atoms with Crippen molar-refractivity contribution in [3.63, 3.8) is 0 Å². The zero-order valence-electron chi connectivity index (χ0n) is 13.7. The van der Waals surface area contributed by atoms with Gasteiger partial charge in [-0.25, -0.2) is 4.98 Å². The second kappa shape index (κ2) is 8.18. The number of halogens is 1. The number of aryl methyl sites for hydroxylation is 1. The zero-order valence-corrected chi connectivity index (χ0v) is 15.3. The van der Waals surface area contributed by atoms with Gasteiger partial charge in [0.2, 0.25) is 0 Å². The lowest BCUT2D eigenvalue weighted by Crippen LogP contribution is -2.30. The Morgan fingerprint density at radius 1 is 1.40 bits per heavy atom. The van der Waals surface area contributed by atoms with Crippen molar-refractivity contribution < 1.29 is 9.53 Å². The van der Waals surface area contributed by atoms with Crippen molar-refractivity contribution in [2.75, 3.05) is 13.2 Å². The predicted octanol–water partition coefficient (Wildman–Crippen LogP) is 3.84. The summed E-state index contributed by atoms with van der Waals surface area (Å²) in [5.41, 5.74) is 2.87. The van der Waals surface area contributed by atoms with E-state index in [4.69, 9.17) is 16.3 Å². The molecule has 2 heterocycles. The number of thiophene rings is 1. The van der Waals surface area contributed by atoms with E-state index in [0.717, 1.165) is 21.8 Å². The van der Waals surface area contributed by atoms with Crippen LogP contribution in [-0.2, 0) is 11.2 Å². The van der Waals surface area contributed by atoms with Crippen LogP contribution < -0.4 is 10.1 Å². The van der Waals surface area contributed by atoms with Crippen LogP contribution in [0.1, 0.15) is 11.3 Å². The summed E-state index contributed by atoms with van der Waals surface area (Å²) < 4.78 is 5.48. The van der Waals surface area contributed by atoms with E-state index in [-0.39, 0.29) is 12.5 Å². The van der Waals surface area contributed by atoms with Crippen LogP contribution in [0.2, 0.25) is 5.02 Å². The fourth-order valence-electron chi connectivity index (χ4n) is 2.37. The monoisotopic (exact) mass is 375 g/mol. The molecule has 0 bridgehead atoms. The highest BCUT2D eigenvalue weighted by Crippen LogP contribution is 2.25. The van der Waals surface area contributed by atoms with Crippen molar-refractivity contribution in [3.05, 3.63) is 58.3 Å². The standard InChI is InChI=1S/C18H18ClN3O2S/c1-12-9-13(4-5-14(12)19)24-10-17(23)20-7-6-15-18(22-11-21-15)16-3-2-8-25-16/h2-5,8-9,11H,6-7,10H2,1H3,(H,20,23)(H,21,22). The topological polar surface area (TPSA) is 67.0 Å². The van der Waals surface area contributed by atoms with Gasteiger partial charge in [-0.15, -0.1) is 11.3 Å². The first kappa shape index (κ1) is 17.5. The zero-order chi connectivity index (χ0) is 17.6. The Bertz CT molecular complexity index is 846. The van der Waals surface area contributed by atoms with E-state index in [1.165, 1.54) is 0 Å². The number of carbonyl (C=O) groups excluding carboxylic acids is 1. The molecule has 2 aromatic heterocycles. The third kappa shape index (κ3) is 4.61. The van der Waals surface area contributed by atoms with Gasteiger partial charge in [-0.05, 0) is 42.1 Å². The van der Waals surface area contributed by atoms with Crippen molar-refractivity contribution >= 4 is 28.8 Å². The van der Waals surface area contributed by atoms with Gasteiger partial charge in [-0.3, -0.25) is 4.79 Å². The first-order valence-electron chi connectivity index (χ1n) is 7.85. The minimum absolute atomic E-state index is 0.0260. The smallest absolute Gasteiger partial charge is 0.257 e. The molecule has 0 atom stereocenters. The summed E-state index contributed by atoms with van der Waals surface area (Å²) in [5, 5.41) is 5.55. The number of benzene rings is 1. The largest absolute Gasteiger partial charge is 0.484 e. The van der Waals surface area contributed by atoms with E-state index in [9.17, 15) is 4.79 Å². The molecule has 0 fully saturated rings. The third-order valence-corrected chi connectivity index (χ3v) is 4.97. The molecule has 0 saturated carbocycles. The number of imidazole rings is 1. The molecule has 1 amide bonds. The molecule has 130 valence electrons. The Morgan fingerprint density at radius 3 is 3.04 bits per heavy atom. The van der Waals surface area contributed by atoms with E-state index in [2.05, 4.69) is 15.3 Å². The Kier molecular flexibility index (Phi) is 5.73. The predicted molar refractivity (Wildman–Crippen MR) is 100 cm³/mol. The number of hydrogen-bond donors (Lipinski definition) is 2. The highest BCUT2D eigenvalue weighted by molar-refractivity contribution is 7.13. The Hall–Kier alpha value is -2.31. The van der Waals surface area contributed by atoms with E-state index >= 15 is 0 Å². The number of H-pyrrole nitrogens is 1. The molecule has 1 aromatic carbocycles. The minimum atomic E-state index is -0.162. The number of aromatic nitrogens is 2. The Morgan fingerprint density at radius 2 is 2.28 bits per heavy atom. The van der Waals surface area contributed by atoms with Crippen molar-refractivity contribution in [2.45, 2.75) is 13.3 Å². The average Bonchev–Trinajstić information content (AvgIpc) is 3.27. The van der Waals surface area contributed by atoms with Crippen molar-refractivity contribution in [1.29, 1.82) is 0 Å². The maximum atomic E-state index is 11.9. The van der Waals surface area contributed by atoms with Crippen molar-refractivity contribution in [1.82, 2.24) is 15.3 Å². The summed E-state index contributed by atoms with van der Waals surface area (Å²) in [5.74, 6) is 0.468. The van der Waals surface area contributed by atoms with E-state index in [1.54, 1.807) is 29.8 Å². The SMILES string of the molecule is Cc1cc(OCC(=O)NCCc2[nH]cnc2-c2cccs2)ccc1Cl. The molecule has 0 spiro atoms. The maximum Gasteiger partial charge on any atom is 0.257 e. The van der Waals surface area contributed by atoms with Crippen LogP contribution in [0.5, 0.6) is 5.75 Å².